The van der Waals surface area contributed by atoms with E-state index in [9.17, 15) is 0 Å². The predicted octanol–water partition coefficient (Wildman–Crippen LogP) is 1.88. The number of rotatable bonds is 7. The maximum atomic E-state index is 5.59. The van der Waals surface area contributed by atoms with Crippen molar-refractivity contribution in [1.29, 1.82) is 0 Å². The van der Waals surface area contributed by atoms with Gasteiger partial charge in [-0.15, -0.1) is 0 Å². The van der Waals surface area contributed by atoms with Gasteiger partial charge in [-0.2, -0.15) is 0 Å². The fraction of sp³-hybridized carbons (Fsp3) is 1.00. The Balaban J connectivity index is 2.36. The van der Waals surface area contributed by atoms with E-state index in [1.165, 1.54) is 19.3 Å². The van der Waals surface area contributed by atoms with Gasteiger partial charge in [-0.05, 0) is 26.3 Å². The quantitative estimate of drug-likeness (QED) is 0.673. The third-order valence-corrected chi connectivity index (χ3v) is 3.35. The minimum atomic E-state index is 0.571. The molecule has 1 saturated heterocycles. The van der Waals surface area contributed by atoms with E-state index in [1.807, 2.05) is 0 Å². The van der Waals surface area contributed by atoms with E-state index in [0.717, 1.165) is 32.8 Å². The fourth-order valence-corrected chi connectivity index (χ4v) is 2.45. The van der Waals surface area contributed by atoms with Crippen LogP contribution in [-0.4, -0.2) is 49.8 Å². The van der Waals surface area contributed by atoms with Gasteiger partial charge in [0.2, 0.25) is 0 Å². The van der Waals surface area contributed by atoms with Gasteiger partial charge in [0.25, 0.3) is 0 Å². The zero-order valence-corrected chi connectivity index (χ0v) is 11.2. The predicted molar refractivity (Wildman–Crippen MR) is 68.8 cm³/mol. The van der Waals surface area contributed by atoms with Crippen molar-refractivity contribution < 1.29 is 4.74 Å². The molecule has 1 N–H and O–H groups in total. The maximum Gasteiger partial charge on any atom is 0.0634 e. The summed E-state index contributed by atoms with van der Waals surface area (Å²) in [6.45, 7) is 11.9. The maximum absolute atomic E-state index is 5.59. The van der Waals surface area contributed by atoms with Gasteiger partial charge >= 0.3 is 0 Å². The van der Waals surface area contributed by atoms with Gasteiger partial charge in [-0.3, -0.25) is 4.90 Å². The molecule has 0 aromatic rings. The number of hydrogen-bond acceptors (Lipinski definition) is 3. The van der Waals surface area contributed by atoms with Crippen molar-refractivity contribution in [3.8, 4) is 0 Å². The molecule has 1 aliphatic heterocycles. The summed E-state index contributed by atoms with van der Waals surface area (Å²) in [6.07, 6.45) is 3.77. The van der Waals surface area contributed by atoms with Crippen molar-refractivity contribution in [3.63, 3.8) is 0 Å². The Morgan fingerprint density at radius 3 is 2.88 bits per heavy atom. The van der Waals surface area contributed by atoms with Crippen LogP contribution in [0.4, 0.5) is 0 Å². The van der Waals surface area contributed by atoms with Gasteiger partial charge < -0.3 is 10.1 Å². The molecule has 1 rings (SSSR count). The number of hydrogen-bond donors (Lipinski definition) is 1. The third-order valence-electron chi connectivity index (χ3n) is 3.35. The Bertz CT molecular complexity index is 175. The summed E-state index contributed by atoms with van der Waals surface area (Å²) >= 11 is 0. The van der Waals surface area contributed by atoms with Crippen LogP contribution < -0.4 is 5.32 Å². The lowest BCUT2D eigenvalue weighted by Crippen LogP contribution is -2.53. The van der Waals surface area contributed by atoms with E-state index >= 15 is 0 Å². The minimum absolute atomic E-state index is 0.571. The molecule has 1 aliphatic rings. The lowest BCUT2D eigenvalue weighted by molar-refractivity contribution is -0.0262. The van der Waals surface area contributed by atoms with Crippen LogP contribution in [0, 0.1) is 0 Å². The zero-order valence-electron chi connectivity index (χ0n) is 11.2. The van der Waals surface area contributed by atoms with Crippen molar-refractivity contribution in [2.45, 2.75) is 52.1 Å². The first-order valence-corrected chi connectivity index (χ1v) is 6.83. The Morgan fingerprint density at radius 1 is 1.38 bits per heavy atom. The highest BCUT2D eigenvalue weighted by molar-refractivity contribution is 4.81. The van der Waals surface area contributed by atoms with Crippen LogP contribution in [0.15, 0.2) is 0 Å². The second kappa shape index (κ2) is 8.04. The molecule has 0 saturated carbocycles. The smallest absolute Gasteiger partial charge is 0.0634 e. The Kier molecular flexibility index (Phi) is 7.01. The molecule has 16 heavy (non-hydrogen) atoms. The van der Waals surface area contributed by atoms with Crippen LogP contribution in [0.5, 0.6) is 0 Å². The van der Waals surface area contributed by atoms with E-state index in [2.05, 4.69) is 31.0 Å². The SMILES string of the molecule is CCCNCC1COCCN1C(C)CCC. The molecular formula is C13H28N2O. The molecule has 1 heterocycles. The number of ether oxygens (including phenoxy) is 1. The Hall–Kier alpha value is -0.120. The van der Waals surface area contributed by atoms with Gasteiger partial charge in [-0.25, -0.2) is 0 Å². The lowest BCUT2D eigenvalue weighted by Gasteiger charge is -2.39. The summed E-state index contributed by atoms with van der Waals surface area (Å²) in [5.41, 5.74) is 0. The highest BCUT2D eigenvalue weighted by Crippen LogP contribution is 2.14. The normalized spacial score (nSPS) is 24.6. The minimum Gasteiger partial charge on any atom is -0.378 e. The van der Waals surface area contributed by atoms with Crippen molar-refractivity contribution in [3.05, 3.63) is 0 Å². The van der Waals surface area contributed by atoms with Gasteiger partial charge in [0.1, 0.15) is 0 Å². The standard InChI is InChI=1S/C13H28N2O/c1-4-6-12(3)15-8-9-16-11-13(15)10-14-7-5-2/h12-14H,4-11H2,1-3H3. The third kappa shape index (κ3) is 4.40. The summed E-state index contributed by atoms with van der Waals surface area (Å²) in [4.78, 5) is 2.62. The first-order valence-electron chi connectivity index (χ1n) is 6.83. The average Bonchev–Trinajstić information content (AvgIpc) is 2.30. The molecule has 3 heteroatoms. The van der Waals surface area contributed by atoms with Crippen LogP contribution in [0.3, 0.4) is 0 Å². The number of morpholine rings is 1. The Morgan fingerprint density at radius 2 is 2.19 bits per heavy atom. The van der Waals surface area contributed by atoms with Crippen LogP contribution >= 0.6 is 0 Å². The van der Waals surface area contributed by atoms with Crippen molar-refractivity contribution >= 4 is 0 Å². The first kappa shape index (κ1) is 13.9. The van der Waals surface area contributed by atoms with Crippen LogP contribution in [0.25, 0.3) is 0 Å². The Labute approximate surface area is 101 Å². The topological polar surface area (TPSA) is 24.5 Å². The highest BCUT2D eigenvalue weighted by atomic mass is 16.5. The van der Waals surface area contributed by atoms with Gasteiger partial charge in [-0.1, -0.05) is 20.3 Å². The first-order chi connectivity index (χ1) is 7.79. The molecule has 0 aromatic heterocycles. The fourth-order valence-electron chi connectivity index (χ4n) is 2.45. The summed E-state index contributed by atoms with van der Waals surface area (Å²) in [5, 5.41) is 3.51. The van der Waals surface area contributed by atoms with E-state index in [0.29, 0.717) is 12.1 Å². The number of nitrogens with one attached hydrogen (secondary N) is 1. The van der Waals surface area contributed by atoms with Crippen LogP contribution in [0.1, 0.15) is 40.0 Å². The molecule has 0 aliphatic carbocycles. The molecule has 2 unspecified atom stereocenters. The molecule has 2 atom stereocenters. The molecule has 0 aromatic carbocycles. The molecule has 0 radical (unpaired) electrons. The largest absolute Gasteiger partial charge is 0.378 e. The van der Waals surface area contributed by atoms with E-state index in [4.69, 9.17) is 4.74 Å². The second-order valence-electron chi connectivity index (χ2n) is 4.81. The van der Waals surface area contributed by atoms with Gasteiger partial charge in [0.15, 0.2) is 0 Å². The zero-order chi connectivity index (χ0) is 11.8. The molecule has 3 nitrogen and oxygen atoms in total. The summed E-state index contributed by atoms with van der Waals surface area (Å²) in [5.74, 6) is 0. The number of nitrogens with zero attached hydrogens (tertiary/aromatic N) is 1. The average molecular weight is 228 g/mol. The highest BCUT2D eigenvalue weighted by Gasteiger charge is 2.25. The van der Waals surface area contributed by atoms with Crippen molar-refractivity contribution in [2.24, 2.45) is 0 Å². The second-order valence-corrected chi connectivity index (χ2v) is 4.81. The molecule has 1 fully saturated rings. The molecule has 0 bridgehead atoms. The molecule has 0 amide bonds. The molecular weight excluding hydrogens is 200 g/mol. The van der Waals surface area contributed by atoms with E-state index in [1.54, 1.807) is 0 Å². The summed E-state index contributed by atoms with van der Waals surface area (Å²) in [7, 11) is 0. The lowest BCUT2D eigenvalue weighted by atomic mass is 10.1. The van der Waals surface area contributed by atoms with Gasteiger partial charge in [0, 0.05) is 25.2 Å². The monoisotopic (exact) mass is 228 g/mol. The van der Waals surface area contributed by atoms with Crippen molar-refractivity contribution in [1.82, 2.24) is 10.2 Å². The molecule has 0 spiro atoms. The van der Waals surface area contributed by atoms with Crippen LogP contribution in [-0.2, 0) is 4.74 Å². The summed E-state index contributed by atoms with van der Waals surface area (Å²) in [6, 6.07) is 1.27. The van der Waals surface area contributed by atoms with E-state index in [-0.39, 0.29) is 0 Å². The van der Waals surface area contributed by atoms with Crippen molar-refractivity contribution in [2.75, 3.05) is 32.8 Å². The molecule has 96 valence electrons. The van der Waals surface area contributed by atoms with Gasteiger partial charge in [0.05, 0.1) is 13.2 Å². The van der Waals surface area contributed by atoms with Crippen LogP contribution in [0.2, 0.25) is 0 Å². The summed E-state index contributed by atoms with van der Waals surface area (Å²) < 4.78 is 5.59. The van der Waals surface area contributed by atoms with E-state index < -0.39 is 0 Å².